The van der Waals surface area contributed by atoms with E-state index in [1.165, 1.54) is 13.8 Å². The van der Waals surface area contributed by atoms with E-state index in [9.17, 15) is 18.0 Å². The summed E-state index contributed by atoms with van der Waals surface area (Å²) in [6, 6.07) is -1.15. The number of hydrogen-bond acceptors (Lipinski definition) is 4. The van der Waals surface area contributed by atoms with Crippen molar-refractivity contribution >= 4 is 21.7 Å². The summed E-state index contributed by atoms with van der Waals surface area (Å²) in [5, 5.41) is 11.3. The van der Waals surface area contributed by atoms with Gasteiger partial charge in [-0.1, -0.05) is 20.8 Å². The first kappa shape index (κ1) is 16.9. The monoisotopic (exact) mass is 279 g/mol. The number of carboxylic acid groups (broad SMARTS) is 1. The van der Waals surface area contributed by atoms with E-state index in [4.69, 9.17) is 5.11 Å². The van der Waals surface area contributed by atoms with Gasteiger partial charge in [-0.15, -0.1) is 0 Å². The van der Waals surface area contributed by atoms with Gasteiger partial charge in [-0.25, -0.2) is 13.2 Å². The molecule has 2 N–H and O–H groups in total. The zero-order valence-electron chi connectivity index (χ0n) is 11.6. The minimum atomic E-state index is -3.62. The first-order valence-corrected chi connectivity index (χ1v) is 7.33. The minimum Gasteiger partial charge on any atom is -0.480 e. The molecule has 6 nitrogen and oxygen atoms in total. The molecule has 0 rings (SSSR count). The zero-order valence-corrected chi connectivity index (χ0v) is 12.4. The molecule has 0 bridgehead atoms. The number of hydrogen-bond donors (Lipinski definition) is 2. The number of carbonyl (C=O) groups excluding carboxylic acids is 1. The third-order valence-corrected chi connectivity index (χ3v) is 4.90. The molecular weight excluding hydrogens is 258 g/mol. The van der Waals surface area contributed by atoms with Crippen LogP contribution in [0.15, 0.2) is 0 Å². The van der Waals surface area contributed by atoms with Crippen LogP contribution in [0.1, 0.15) is 34.6 Å². The number of aliphatic carboxylic acids is 1. The van der Waals surface area contributed by atoms with Crippen molar-refractivity contribution in [3.63, 3.8) is 0 Å². The second kappa shape index (κ2) is 4.87. The molecule has 0 aliphatic rings. The fourth-order valence-electron chi connectivity index (χ4n) is 1.12. The molecule has 1 atom stereocenters. The normalized spacial score (nSPS) is 15.0. The van der Waals surface area contributed by atoms with Crippen LogP contribution in [0.2, 0.25) is 0 Å². The van der Waals surface area contributed by atoms with Gasteiger partial charge in [-0.2, -0.15) is 0 Å². The van der Waals surface area contributed by atoms with Crippen molar-refractivity contribution in [2.45, 2.75) is 45.4 Å². The van der Waals surface area contributed by atoms with Gasteiger partial charge in [0.05, 0.1) is 0 Å². The molecule has 0 heterocycles. The molecule has 0 aromatic carbocycles. The lowest BCUT2D eigenvalue weighted by molar-refractivity contribution is -0.145. The van der Waals surface area contributed by atoms with Gasteiger partial charge in [0, 0.05) is 6.26 Å². The van der Waals surface area contributed by atoms with Gasteiger partial charge in [0.2, 0.25) is 5.91 Å². The highest BCUT2D eigenvalue weighted by molar-refractivity contribution is 7.92. The average molecular weight is 279 g/mol. The predicted molar refractivity (Wildman–Crippen MR) is 67.9 cm³/mol. The Morgan fingerprint density at radius 2 is 1.50 bits per heavy atom. The summed E-state index contributed by atoms with van der Waals surface area (Å²) >= 11 is 0. The molecule has 18 heavy (non-hydrogen) atoms. The lowest BCUT2D eigenvalue weighted by Crippen LogP contribution is -2.56. The van der Waals surface area contributed by atoms with E-state index in [1.807, 2.05) is 0 Å². The van der Waals surface area contributed by atoms with Crippen molar-refractivity contribution < 1.29 is 23.1 Å². The number of carboxylic acids is 1. The van der Waals surface area contributed by atoms with Crippen LogP contribution in [0, 0.1) is 5.41 Å². The Morgan fingerprint density at radius 1 is 1.11 bits per heavy atom. The van der Waals surface area contributed by atoms with E-state index in [0.29, 0.717) is 0 Å². The van der Waals surface area contributed by atoms with Gasteiger partial charge in [-0.3, -0.25) is 4.79 Å². The number of carbonyl (C=O) groups is 2. The van der Waals surface area contributed by atoms with E-state index in [1.54, 1.807) is 20.8 Å². The maximum atomic E-state index is 11.9. The molecule has 0 aliphatic carbocycles. The van der Waals surface area contributed by atoms with Crippen LogP contribution in [0.25, 0.3) is 0 Å². The molecule has 0 aromatic rings. The predicted octanol–water partition coefficient (Wildman–Crippen LogP) is 0.425. The largest absolute Gasteiger partial charge is 0.480 e. The lowest BCUT2D eigenvalue weighted by Gasteiger charge is -2.31. The molecule has 0 saturated heterocycles. The summed E-state index contributed by atoms with van der Waals surface area (Å²) in [4.78, 5) is 23.0. The Kier molecular flexibility index (Phi) is 4.57. The van der Waals surface area contributed by atoms with E-state index < -0.39 is 37.9 Å². The highest BCUT2D eigenvalue weighted by atomic mass is 32.2. The number of rotatable bonds is 4. The maximum Gasteiger partial charge on any atom is 0.326 e. The molecule has 106 valence electrons. The van der Waals surface area contributed by atoms with E-state index in [2.05, 4.69) is 5.32 Å². The summed E-state index contributed by atoms with van der Waals surface area (Å²) in [5.74, 6) is -2.01. The van der Waals surface area contributed by atoms with Gasteiger partial charge in [0.15, 0.2) is 9.84 Å². The fourth-order valence-corrected chi connectivity index (χ4v) is 1.52. The molecular formula is C11H21NO5S. The molecule has 0 radical (unpaired) electrons. The number of nitrogens with one attached hydrogen (secondary N) is 1. The molecule has 0 aromatic heterocycles. The van der Waals surface area contributed by atoms with E-state index in [-0.39, 0.29) is 0 Å². The Bertz CT molecular complexity index is 445. The number of amides is 1. The van der Waals surface area contributed by atoms with Crippen LogP contribution in [-0.4, -0.2) is 42.4 Å². The van der Waals surface area contributed by atoms with Crippen LogP contribution >= 0.6 is 0 Å². The van der Waals surface area contributed by atoms with E-state index in [0.717, 1.165) is 6.26 Å². The smallest absolute Gasteiger partial charge is 0.326 e. The van der Waals surface area contributed by atoms with Gasteiger partial charge in [0.1, 0.15) is 10.8 Å². The van der Waals surface area contributed by atoms with Gasteiger partial charge in [0.25, 0.3) is 0 Å². The summed E-state index contributed by atoms with van der Waals surface area (Å²) < 4.78 is 21.3. The van der Waals surface area contributed by atoms with Crippen LogP contribution in [-0.2, 0) is 19.4 Å². The topological polar surface area (TPSA) is 101 Å². The molecule has 0 unspecified atom stereocenters. The van der Waals surface area contributed by atoms with Crippen LogP contribution in [0.5, 0.6) is 0 Å². The van der Waals surface area contributed by atoms with Crippen molar-refractivity contribution in [1.29, 1.82) is 0 Å². The summed E-state index contributed by atoms with van der Waals surface area (Å²) in [6.45, 7) is 7.46. The Hall–Kier alpha value is -1.11. The Balaban J connectivity index is 5.24. The van der Waals surface area contributed by atoms with Crippen LogP contribution in [0.4, 0.5) is 0 Å². The third kappa shape index (κ3) is 3.69. The summed E-state index contributed by atoms with van der Waals surface area (Å²) in [5.41, 5.74) is -0.713. The first-order valence-electron chi connectivity index (χ1n) is 5.44. The minimum absolute atomic E-state index is 0.713. The molecule has 1 amide bonds. The van der Waals surface area contributed by atoms with Crippen molar-refractivity contribution in [3.8, 4) is 0 Å². The third-order valence-electron chi connectivity index (χ3n) is 2.86. The standard InChI is InChI=1S/C11H21NO5S/c1-10(2,3)7(8(13)14)12-9(15)11(4,5)18(6,16)17/h7H,1-6H3,(H,12,15)(H,13,14)/t7-/m0/s1. The van der Waals surface area contributed by atoms with Gasteiger partial charge in [-0.05, 0) is 19.3 Å². The quantitative estimate of drug-likeness (QED) is 0.777. The first-order chi connectivity index (χ1) is 7.71. The van der Waals surface area contributed by atoms with Gasteiger partial charge < -0.3 is 10.4 Å². The Labute approximate surface area is 108 Å². The zero-order chi connectivity index (χ0) is 14.9. The fraction of sp³-hybridized carbons (Fsp3) is 0.818. The highest BCUT2D eigenvalue weighted by Crippen LogP contribution is 2.22. The van der Waals surface area contributed by atoms with Crippen molar-refractivity contribution in [3.05, 3.63) is 0 Å². The second-order valence-electron chi connectivity index (χ2n) is 5.89. The van der Waals surface area contributed by atoms with Crippen LogP contribution in [0.3, 0.4) is 0 Å². The maximum absolute atomic E-state index is 11.9. The molecule has 0 fully saturated rings. The molecule has 0 aliphatic heterocycles. The average Bonchev–Trinajstić information content (AvgIpc) is 2.08. The van der Waals surface area contributed by atoms with Crippen LogP contribution < -0.4 is 5.32 Å². The van der Waals surface area contributed by atoms with E-state index >= 15 is 0 Å². The SMILES string of the molecule is CC(C)(C)[C@@H](NC(=O)C(C)(C)S(C)(=O)=O)C(=O)O. The van der Waals surface area contributed by atoms with Crippen molar-refractivity contribution in [2.75, 3.05) is 6.26 Å². The van der Waals surface area contributed by atoms with Gasteiger partial charge >= 0.3 is 5.97 Å². The molecule has 0 spiro atoms. The number of sulfone groups is 1. The summed E-state index contributed by atoms with van der Waals surface area (Å²) in [7, 11) is -3.62. The second-order valence-corrected chi connectivity index (χ2v) is 8.46. The summed E-state index contributed by atoms with van der Waals surface area (Å²) in [6.07, 6.45) is 0.944. The van der Waals surface area contributed by atoms with Crippen molar-refractivity contribution in [1.82, 2.24) is 5.32 Å². The molecule has 0 saturated carbocycles. The highest BCUT2D eigenvalue weighted by Gasteiger charge is 2.42. The lowest BCUT2D eigenvalue weighted by atomic mass is 9.86. The molecule has 7 heteroatoms. The Morgan fingerprint density at radius 3 is 1.72 bits per heavy atom. The van der Waals surface area contributed by atoms with Crippen molar-refractivity contribution in [2.24, 2.45) is 5.41 Å².